The molecule has 3 heteroatoms. The number of aliphatic hydroxyl groups excluding tert-OH is 1. The Bertz CT molecular complexity index is 622. The highest BCUT2D eigenvalue weighted by Crippen LogP contribution is 2.69. The minimum Gasteiger partial charge on any atom is -0.388 e. The Morgan fingerprint density at radius 3 is 2.33 bits per heavy atom. The molecule has 0 aromatic heterocycles. The van der Waals surface area contributed by atoms with Crippen LogP contribution in [0.15, 0.2) is 0 Å². The summed E-state index contributed by atoms with van der Waals surface area (Å²) in [5.74, 6) is 4.61. The first kappa shape index (κ1) is 23.1. The summed E-state index contributed by atoms with van der Waals surface area (Å²) in [7, 11) is 0. The van der Waals surface area contributed by atoms with Crippen LogP contribution in [0.25, 0.3) is 0 Å². The Hall–Kier alpha value is -0.120. The first-order valence-corrected chi connectivity index (χ1v) is 13.2. The van der Waals surface area contributed by atoms with Crippen LogP contribution in [0, 0.1) is 46.3 Å². The van der Waals surface area contributed by atoms with Crippen molar-refractivity contribution in [1.29, 1.82) is 0 Å². The van der Waals surface area contributed by atoms with Crippen molar-refractivity contribution in [3.05, 3.63) is 0 Å². The molecule has 3 nitrogen and oxygen atoms in total. The summed E-state index contributed by atoms with van der Waals surface area (Å²) in [6.45, 7) is 12.1. The molecule has 4 saturated carbocycles. The largest absolute Gasteiger partial charge is 0.388 e. The van der Waals surface area contributed by atoms with Gasteiger partial charge in [0.25, 0.3) is 0 Å². The van der Waals surface area contributed by atoms with E-state index in [0.29, 0.717) is 11.3 Å². The van der Waals surface area contributed by atoms with Gasteiger partial charge in [-0.05, 0) is 92.3 Å². The summed E-state index contributed by atoms with van der Waals surface area (Å²) in [5.41, 5.74) is 5.53. The average Bonchev–Trinajstić information content (AvgIpc) is 3.04. The van der Waals surface area contributed by atoms with E-state index in [1.165, 1.54) is 44.9 Å². The van der Waals surface area contributed by atoms with Gasteiger partial charge < -0.3 is 15.9 Å². The molecule has 0 heterocycles. The van der Waals surface area contributed by atoms with Crippen molar-refractivity contribution >= 4 is 0 Å². The molecule has 0 saturated heterocycles. The van der Waals surface area contributed by atoms with E-state index in [1.54, 1.807) is 0 Å². The van der Waals surface area contributed by atoms with Gasteiger partial charge in [-0.25, -0.2) is 0 Å². The first-order valence-electron chi connectivity index (χ1n) is 13.2. The maximum absolute atomic E-state index is 11.7. The molecule has 0 bridgehead atoms. The minimum absolute atomic E-state index is 0.173. The summed E-state index contributed by atoms with van der Waals surface area (Å²) in [6.07, 6.45) is 12.3. The summed E-state index contributed by atoms with van der Waals surface area (Å²) in [5, 5.41) is 22.6. The molecule has 4 N–H and O–H groups in total. The molecular weight excluding hydrogens is 370 g/mol. The fraction of sp³-hybridized carbons (Fsp3) is 1.00. The monoisotopic (exact) mass is 419 g/mol. The lowest BCUT2D eigenvalue weighted by molar-refractivity contribution is -0.249. The van der Waals surface area contributed by atoms with Crippen LogP contribution in [-0.2, 0) is 0 Å². The molecule has 0 aromatic rings. The van der Waals surface area contributed by atoms with E-state index in [4.69, 9.17) is 5.73 Å². The zero-order valence-corrected chi connectivity index (χ0v) is 20.4. The second-order valence-electron chi connectivity index (χ2n) is 12.9. The summed E-state index contributed by atoms with van der Waals surface area (Å²) in [4.78, 5) is 0. The van der Waals surface area contributed by atoms with Gasteiger partial charge in [0.1, 0.15) is 0 Å². The van der Waals surface area contributed by atoms with Gasteiger partial charge in [0.2, 0.25) is 0 Å². The molecule has 4 aliphatic rings. The van der Waals surface area contributed by atoms with Crippen LogP contribution in [0.3, 0.4) is 0 Å². The predicted octanol–water partition coefficient (Wildman–Crippen LogP) is 5.52. The van der Waals surface area contributed by atoms with Gasteiger partial charge in [-0.3, -0.25) is 0 Å². The highest BCUT2D eigenvalue weighted by molar-refractivity contribution is 5.17. The molecule has 4 rings (SSSR count). The Balaban J connectivity index is 1.51. The van der Waals surface area contributed by atoms with Crippen LogP contribution in [0.1, 0.15) is 105 Å². The smallest absolute Gasteiger partial charge is 0.0982 e. The number of aliphatic hydroxyl groups is 2. The summed E-state index contributed by atoms with van der Waals surface area (Å²) in [6, 6.07) is -0.268. The van der Waals surface area contributed by atoms with Gasteiger partial charge in [-0.15, -0.1) is 0 Å². The fourth-order valence-corrected chi connectivity index (χ4v) is 9.37. The Labute approximate surface area is 185 Å². The van der Waals surface area contributed by atoms with E-state index in [0.717, 1.165) is 55.3 Å². The van der Waals surface area contributed by atoms with Crippen LogP contribution < -0.4 is 5.73 Å². The first-order chi connectivity index (χ1) is 14.0. The van der Waals surface area contributed by atoms with Crippen LogP contribution in [-0.4, -0.2) is 28.0 Å². The number of nitrogens with two attached hydrogens (primary N) is 1. The molecule has 30 heavy (non-hydrogen) atoms. The van der Waals surface area contributed by atoms with Gasteiger partial charge in [0.15, 0.2) is 0 Å². The highest BCUT2D eigenvalue weighted by Gasteiger charge is 2.66. The predicted molar refractivity (Wildman–Crippen MR) is 124 cm³/mol. The van der Waals surface area contributed by atoms with Crippen molar-refractivity contribution in [3.8, 4) is 0 Å². The zero-order chi connectivity index (χ0) is 21.9. The maximum atomic E-state index is 11.7. The van der Waals surface area contributed by atoms with Gasteiger partial charge in [0.05, 0.1) is 11.7 Å². The standard InChI is InChI=1S/C27H49NO2/c1-17(2)7-6-8-18(3)20-9-10-21-19-11-16-27(30)24(29)23(28)13-15-26(27,5)22(19)12-14-25(20,21)4/h17-24,29-30H,6-16,28H2,1-5H3/t18-,19?,20-,21?,22?,23+,24-,25-,26-,27-/m1/s1. The number of hydrogen-bond donors (Lipinski definition) is 3. The summed E-state index contributed by atoms with van der Waals surface area (Å²) < 4.78 is 0. The van der Waals surface area contributed by atoms with Crippen molar-refractivity contribution in [3.63, 3.8) is 0 Å². The van der Waals surface area contributed by atoms with Crippen LogP contribution in [0.4, 0.5) is 0 Å². The molecule has 4 aliphatic carbocycles. The number of hydrogen-bond acceptors (Lipinski definition) is 3. The molecular formula is C27H49NO2. The van der Waals surface area contributed by atoms with Crippen molar-refractivity contribution in [2.24, 2.45) is 52.1 Å². The molecule has 0 spiro atoms. The van der Waals surface area contributed by atoms with Crippen molar-refractivity contribution in [2.75, 3.05) is 0 Å². The molecule has 0 aromatic carbocycles. The topological polar surface area (TPSA) is 66.5 Å². The van der Waals surface area contributed by atoms with Crippen LogP contribution in [0.2, 0.25) is 0 Å². The van der Waals surface area contributed by atoms with Gasteiger partial charge in [-0.1, -0.05) is 53.9 Å². The van der Waals surface area contributed by atoms with E-state index in [-0.39, 0.29) is 11.5 Å². The second-order valence-corrected chi connectivity index (χ2v) is 12.9. The lowest BCUT2D eigenvalue weighted by atomic mass is 9.42. The third-order valence-electron chi connectivity index (χ3n) is 11.2. The van der Waals surface area contributed by atoms with E-state index in [1.807, 2.05) is 0 Å². The Morgan fingerprint density at radius 1 is 0.900 bits per heavy atom. The zero-order valence-electron chi connectivity index (χ0n) is 20.4. The SMILES string of the molecule is CC(C)CCC[C@@H](C)[C@H]1CCC2C3CC[C@@]4(O)[C@H](O)[C@@H](N)CC[C@]4(C)C3CC[C@@]21C. The van der Waals surface area contributed by atoms with E-state index in [2.05, 4.69) is 34.6 Å². The minimum atomic E-state index is -0.984. The lowest BCUT2D eigenvalue weighted by Crippen LogP contribution is -2.70. The van der Waals surface area contributed by atoms with Crippen molar-refractivity contribution < 1.29 is 10.2 Å². The number of fused-ring (bicyclic) bond motifs is 5. The van der Waals surface area contributed by atoms with E-state index in [9.17, 15) is 10.2 Å². The molecule has 0 amide bonds. The Kier molecular flexibility index (Phi) is 6.17. The molecule has 174 valence electrons. The Morgan fingerprint density at radius 2 is 1.63 bits per heavy atom. The molecule has 0 radical (unpaired) electrons. The normalized spacial score (nSPS) is 51.9. The summed E-state index contributed by atoms with van der Waals surface area (Å²) >= 11 is 0. The maximum Gasteiger partial charge on any atom is 0.0982 e. The molecule has 10 atom stereocenters. The molecule has 0 aliphatic heterocycles. The third-order valence-corrected chi connectivity index (χ3v) is 11.2. The third kappa shape index (κ3) is 3.32. The van der Waals surface area contributed by atoms with Gasteiger partial charge in [0, 0.05) is 11.5 Å². The van der Waals surface area contributed by atoms with Crippen LogP contribution >= 0.6 is 0 Å². The van der Waals surface area contributed by atoms with Crippen LogP contribution in [0.5, 0.6) is 0 Å². The van der Waals surface area contributed by atoms with Crippen molar-refractivity contribution in [1.82, 2.24) is 0 Å². The quantitative estimate of drug-likeness (QED) is 0.549. The number of rotatable bonds is 5. The van der Waals surface area contributed by atoms with Gasteiger partial charge in [-0.2, -0.15) is 0 Å². The van der Waals surface area contributed by atoms with Gasteiger partial charge >= 0.3 is 0 Å². The van der Waals surface area contributed by atoms with Crippen molar-refractivity contribution in [2.45, 2.75) is 123 Å². The molecule has 4 fully saturated rings. The molecule has 3 unspecified atom stereocenters. The lowest BCUT2D eigenvalue weighted by Gasteiger charge is -2.65. The second kappa shape index (κ2) is 8.03. The van der Waals surface area contributed by atoms with E-state index < -0.39 is 11.7 Å². The highest BCUT2D eigenvalue weighted by atomic mass is 16.3. The average molecular weight is 420 g/mol. The fourth-order valence-electron chi connectivity index (χ4n) is 9.37. The van der Waals surface area contributed by atoms with E-state index >= 15 is 0 Å².